The number of nitrogens with zero attached hydrogens (tertiary/aromatic N) is 3. The minimum Gasteiger partial charge on any atom is -0.463 e. The van der Waals surface area contributed by atoms with E-state index in [0.717, 1.165) is 5.56 Å². The molecule has 7 nitrogen and oxygen atoms in total. The minimum atomic E-state index is -1.22. The van der Waals surface area contributed by atoms with Crippen LogP contribution in [0.25, 0.3) is 0 Å². The Labute approximate surface area is 151 Å². The molecule has 2 aliphatic rings. The highest BCUT2D eigenvalue weighted by atomic mass is 16.5. The van der Waals surface area contributed by atoms with Crippen LogP contribution >= 0.6 is 0 Å². The second-order valence-electron chi connectivity index (χ2n) is 6.34. The molecule has 134 valence electrons. The predicted molar refractivity (Wildman–Crippen MR) is 96.1 cm³/mol. The average Bonchev–Trinajstić information content (AvgIpc) is 3.01. The largest absolute Gasteiger partial charge is 0.463 e. The number of carbonyl (C=O) groups excluding carboxylic acids is 2. The van der Waals surface area contributed by atoms with Crippen molar-refractivity contribution in [2.45, 2.75) is 32.0 Å². The molecule has 1 atom stereocenters. The van der Waals surface area contributed by atoms with Gasteiger partial charge in [-0.1, -0.05) is 30.3 Å². The minimum absolute atomic E-state index is 0.112. The van der Waals surface area contributed by atoms with Crippen molar-refractivity contribution in [1.29, 1.82) is 0 Å². The van der Waals surface area contributed by atoms with Crippen LogP contribution in [0.1, 0.15) is 25.3 Å². The third-order valence-electron chi connectivity index (χ3n) is 4.71. The molecule has 0 saturated carbocycles. The maximum absolute atomic E-state index is 12.8. The molecule has 4 rings (SSSR count). The van der Waals surface area contributed by atoms with E-state index < -0.39 is 11.6 Å². The molecule has 2 aliphatic heterocycles. The highest BCUT2D eigenvalue weighted by Gasteiger charge is 2.57. The number of aromatic nitrogens is 1. The Bertz CT molecular complexity index is 842. The lowest BCUT2D eigenvalue weighted by Crippen LogP contribution is -2.70. The van der Waals surface area contributed by atoms with Crippen molar-refractivity contribution < 1.29 is 14.3 Å². The fourth-order valence-electron chi connectivity index (χ4n) is 3.59. The summed E-state index contributed by atoms with van der Waals surface area (Å²) in [5.74, 6) is 0.0594. The number of rotatable bonds is 4. The van der Waals surface area contributed by atoms with Gasteiger partial charge in [0.2, 0.25) is 11.6 Å². The van der Waals surface area contributed by atoms with Crippen LogP contribution in [0.5, 0.6) is 0 Å². The summed E-state index contributed by atoms with van der Waals surface area (Å²) in [4.78, 5) is 31.4. The third kappa shape index (κ3) is 2.52. The van der Waals surface area contributed by atoms with Crippen LogP contribution in [0.2, 0.25) is 0 Å². The lowest BCUT2D eigenvalue weighted by atomic mass is 10.1. The first-order valence-corrected chi connectivity index (χ1v) is 8.70. The van der Waals surface area contributed by atoms with E-state index in [1.807, 2.05) is 41.4 Å². The smallest absolute Gasteiger partial charge is 0.349 e. The summed E-state index contributed by atoms with van der Waals surface area (Å²) in [6, 6.07) is 13.5. The Kier molecular flexibility index (Phi) is 4.08. The van der Waals surface area contributed by atoms with Crippen molar-refractivity contribution >= 4 is 23.4 Å². The Morgan fingerprint density at radius 1 is 1.27 bits per heavy atom. The van der Waals surface area contributed by atoms with Gasteiger partial charge >= 0.3 is 5.97 Å². The third-order valence-corrected chi connectivity index (χ3v) is 4.71. The Morgan fingerprint density at radius 2 is 2.08 bits per heavy atom. The summed E-state index contributed by atoms with van der Waals surface area (Å²) in [7, 11) is 0. The summed E-state index contributed by atoms with van der Waals surface area (Å²) < 4.78 is 5.31. The van der Waals surface area contributed by atoms with Crippen molar-refractivity contribution in [3.63, 3.8) is 0 Å². The summed E-state index contributed by atoms with van der Waals surface area (Å²) in [5, 5.41) is 1.83. The van der Waals surface area contributed by atoms with Gasteiger partial charge in [0.05, 0.1) is 18.8 Å². The molecule has 0 spiro atoms. The van der Waals surface area contributed by atoms with Gasteiger partial charge in [-0.05, 0) is 24.6 Å². The van der Waals surface area contributed by atoms with Gasteiger partial charge in [0.15, 0.2) is 5.82 Å². The van der Waals surface area contributed by atoms with Gasteiger partial charge < -0.3 is 4.74 Å². The Balaban J connectivity index is 1.79. The van der Waals surface area contributed by atoms with Crippen molar-refractivity contribution in [1.82, 2.24) is 10.4 Å². The lowest BCUT2D eigenvalue weighted by Gasteiger charge is -2.46. The summed E-state index contributed by atoms with van der Waals surface area (Å²) >= 11 is 0. The molecule has 0 bridgehead atoms. The van der Waals surface area contributed by atoms with Gasteiger partial charge in [-0.2, -0.15) is 5.43 Å². The number of carbonyl (C=O) groups is 2. The quantitative estimate of drug-likeness (QED) is 0.849. The second-order valence-corrected chi connectivity index (χ2v) is 6.34. The number of anilines is 2. The molecule has 1 aromatic heterocycles. The molecule has 1 saturated heterocycles. The molecule has 1 amide bonds. The Hall–Kier alpha value is -2.93. The van der Waals surface area contributed by atoms with Gasteiger partial charge in [-0.3, -0.25) is 14.7 Å². The first kappa shape index (κ1) is 16.5. The van der Waals surface area contributed by atoms with Crippen molar-refractivity contribution in [2.75, 3.05) is 16.5 Å². The summed E-state index contributed by atoms with van der Waals surface area (Å²) in [5.41, 5.74) is 3.71. The number of fused-ring (bicyclic) bond motifs is 3. The number of hydrogen-bond acceptors (Lipinski definition) is 6. The van der Waals surface area contributed by atoms with Crippen molar-refractivity contribution in [2.24, 2.45) is 0 Å². The van der Waals surface area contributed by atoms with E-state index in [1.54, 1.807) is 19.2 Å². The molecule has 26 heavy (non-hydrogen) atoms. The number of esters is 1. The van der Waals surface area contributed by atoms with E-state index in [9.17, 15) is 9.59 Å². The number of benzene rings is 1. The van der Waals surface area contributed by atoms with Crippen LogP contribution in [0.3, 0.4) is 0 Å². The van der Waals surface area contributed by atoms with Crippen LogP contribution in [0.15, 0.2) is 48.7 Å². The Morgan fingerprint density at radius 3 is 2.85 bits per heavy atom. The molecule has 1 fully saturated rings. The molecule has 7 heteroatoms. The average molecular weight is 352 g/mol. The molecule has 1 N–H and O–H groups in total. The second kappa shape index (κ2) is 6.42. The SMILES string of the molecule is CCOC(=O)C12CCC(=O)N1c1cccnc1N(Cc1ccccc1)N2. The van der Waals surface area contributed by atoms with Crippen LogP contribution in [0.4, 0.5) is 11.5 Å². The zero-order valence-electron chi connectivity index (χ0n) is 14.5. The van der Waals surface area contributed by atoms with E-state index in [2.05, 4.69) is 10.4 Å². The number of ether oxygens (including phenoxy) is 1. The molecular formula is C19H20N4O3. The van der Waals surface area contributed by atoms with Gasteiger partial charge in [0.25, 0.3) is 0 Å². The highest BCUT2D eigenvalue weighted by molar-refractivity contribution is 6.07. The van der Waals surface area contributed by atoms with E-state index >= 15 is 0 Å². The predicted octanol–water partition coefficient (Wildman–Crippen LogP) is 1.99. The van der Waals surface area contributed by atoms with Crippen molar-refractivity contribution in [3.8, 4) is 0 Å². The van der Waals surface area contributed by atoms with Crippen LogP contribution < -0.4 is 15.3 Å². The highest BCUT2D eigenvalue weighted by Crippen LogP contribution is 2.43. The number of amides is 1. The standard InChI is InChI=1S/C19H20N4O3/c1-2-26-18(25)19-11-10-16(24)23(19)15-9-6-12-20-17(15)22(21-19)13-14-7-4-3-5-8-14/h3-9,12,21H,2,10-11,13H2,1H3. The van der Waals surface area contributed by atoms with E-state index in [4.69, 9.17) is 4.74 Å². The van der Waals surface area contributed by atoms with Gasteiger partial charge in [0.1, 0.15) is 0 Å². The first-order valence-electron chi connectivity index (χ1n) is 8.70. The summed E-state index contributed by atoms with van der Waals surface area (Å²) in [6.07, 6.45) is 2.31. The van der Waals surface area contributed by atoms with Gasteiger partial charge in [0, 0.05) is 19.0 Å². The fourth-order valence-corrected chi connectivity index (χ4v) is 3.59. The number of nitrogens with one attached hydrogen (secondary N) is 1. The molecule has 0 aliphatic carbocycles. The zero-order valence-corrected chi connectivity index (χ0v) is 14.5. The molecule has 0 radical (unpaired) electrons. The molecule has 3 heterocycles. The van der Waals surface area contributed by atoms with E-state index in [-0.39, 0.29) is 18.9 Å². The van der Waals surface area contributed by atoms with Crippen molar-refractivity contribution in [3.05, 3.63) is 54.2 Å². The lowest BCUT2D eigenvalue weighted by molar-refractivity contribution is -0.151. The van der Waals surface area contributed by atoms with Crippen LogP contribution in [-0.2, 0) is 20.9 Å². The molecule has 1 aromatic carbocycles. The molecular weight excluding hydrogens is 332 g/mol. The summed E-state index contributed by atoms with van der Waals surface area (Å²) in [6.45, 7) is 2.52. The monoisotopic (exact) mass is 352 g/mol. The number of hydrazine groups is 1. The van der Waals surface area contributed by atoms with Crippen LogP contribution in [0, 0.1) is 0 Å². The normalized spacial score (nSPS) is 21.3. The van der Waals surface area contributed by atoms with Gasteiger partial charge in [-0.15, -0.1) is 0 Å². The number of hydrogen-bond donors (Lipinski definition) is 1. The maximum atomic E-state index is 12.8. The van der Waals surface area contributed by atoms with Crippen LogP contribution in [-0.4, -0.2) is 29.1 Å². The number of pyridine rings is 1. The zero-order chi connectivity index (χ0) is 18.1. The molecule has 2 aromatic rings. The maximum Gasteiger partial charge on any atom is 0.349 e. The first-order chi connectivity index (χ1) is 12.7. The molecule has 1 unspecified atom stereocenters. The van der Waals surface area contributed by atoms with E-state index in [0.29, 0.717) is 24.5 Å². The fraction of sp³-hybridized carbons (Fsp3) is 0.316. The van der Waals surface area contributed by atoms with E-state index in [1.165, 1.54) is 4.90 Å². The van der Waals surface area contributed by atoms with Gasteiger partial charge in [-0.25, -0.2) is 9.78 Å². The topological polar surface area (TPSA) is 74.8 Å².